The molecule has 0 aromatic carbocycles. The zero-order valence-electron chi connectivity index (χ0n) is 8.79. The van der Waals surface area contributed by atoms with Gasteiger partial charge in [-0.15, -0.1) is 0 Å². The fraction of sp³-hybridized carbons (Fsp3) is 1.00. The lowest BCUT2D eigenvalue weighted by Crippen LogP contribution is -2.29. The van der Waals surface area contributed by atoms with E-state index in [4.69, 9.17) is 0 Å². The summed E-state index contributed by atoms with van der Waals surface area (Å²) >= 11 is 0. The van der Waals surface area contributed by atoms with E-state index in [9.17, 15) is 8.42 Å². The van der Waals surface area contributed by atoms with Crippen molar-refractivity contribution in [2.75, 3.05) is 6.26 Å². The highest BCUT2D eigenvalue weighted by Crippen LogP contribution is 2.32. The van der Waals surface area contributed by atoms with Gasteiger partial charge in [0.1, 0.15) is 9.84 Å². The average molecular weight is 204 g/mol. The van der Waals surface area contributed by atoms with Gasteiger partial charge < -0.3 is 0 Å². The molecule has 0 N–H and O–H groups in total. The van der Waals surface area contributed by atoms with E-state index >= 15 is 0 Å². The van der Waals surface area contributed by atoms with E-state index < -0.39 is 9.84 Å². The molecule has 1 rings (SSSR count). The highest BCUT2D eigenvalue weighted by atomic mass is 32.2. The molecule has 0 aromatic heterocycles. The molecule has 78 valence electrons. The van der Waals surface area contributed by atoms with Gasteiger partial charge in [-0.25, -0.2) is 8.42 Å². The normalized spacial score (nSPS) is 30.8. The van der Waals surface area contributed by atoms with Gasteiger partial charge in [-0.2, -0.15) is 0 Å². The van der Waals surface area contributed by atoms with Crippen LogP contribution in [0.3, 0.4) is 0 Å². The first-order valence-corrected chi connectivity index (χ1v) is 7.05. The Morgan fingerprint density at radius 3 is 2.31 bits per heavy atom. The van der Waals surface area contributed by atoms with Crippen LogP contribution in [0.4, 0.5) is 0 Å². The first-order valence-electron chi connectivity index (χ1n) is 5.10. The van der Waals surface area contributed by atoms with E-state index in [0.29, 0.717) is 11.8 Å². The Hall–Kier alpha value is -0.0500. The smallest absolute Gasteiger partial charge is 0.150 e. The van der Waals surface area contributed by atoms with Crippen LogP contribution in [0.5, 0.6) is 0 Å². The lowest BCUT2D eigenvalue weighted by atomic mass is 9.81. The van der Waals surface area contributed by atoms with E-state index in [-0.39, 0.29) is 5.25 Å². The van der Waals surface area contributed by atoms with Crippen LogP contribution in [0.1, 0.15) is 39.5 Å². The molecule has 3 heteroatoms. The van der Waals surface area contributed by atoms with E-state index in [1.54, 1.807) is 0 Å². The van der Waals surface area contributed by atoms with Crippen molar-refractivity contribution in [3.8, 4) is 0 Å². The summed E-state index contributed by atoms with van der Waals surface area (Å²) in [6, 6.07) is 0. The van der Waals surface area contributed by atoms with Gasteiger partial charge in [0, 0.05) is 6.26 Å². The topological polar surface area (TPSA) is 34.1 Å². The van der Waals surface area contributed by atoms with Gasteiger partial charge in [0.25, 0.3) is 0 Å². The minimum Gasteiger partial charge on any atom is -0.229 e. The third kappa shape index (κ3) is 2.97. The summed E-state index contributed by atoms with van der Waals surface area (Å²) in [6.07, 6.45) is 5.43. The van der Waals surface area contributed by atoms with Crippen molar-refractivity contribution in [2.45, 2.75) is 44.8 Å². The maximum Gasteiger partial charge on any atom is 0.150 e. The van der Waals surface area contributed by atoms with Crippen LogP contribution in [-0.2, 0) is 9.84 Å². The fourth-order valence-corrected chi connectivity index (χ4v) is 3.37. The monoisotopic (exact) mass is 204 g/mol. The van der Waals surface area contributed by atoms with Gasteiger partial charge in [0.05, 0.1) is 5.25 Å². The maximum absolute atomic E-state index is 11.4. The zero-order valence-corrected chi connectivity index (χ0v) is 9.60. The van der Waals surface area contributed by atoms with Gasteiger partial charge in [-0.05, 0) is 24.7 Å². The van der Waals surface area contributed by atoms with Crippen LogP contribution in [0.2, 0.25) is 0 Å². The van der Waals surface area contributed by atoms with Crippen LogP contribution in [0.15, 0.2) is 0 Å². The molecule has 0 unspecified atom stereocenters. The second-order valence-corrected chi connectivity index (χ2v) is 6.95. The maximum atomic E-state index is 11.4. The van der Waals surface area contributed by atoms with Gasteiger partial charge >= 0.3 is 0 Å². The molecular weight excluding hydrogens is 184 g/mol. The van der Waals surface area contributed by atoms with Gasteiger partial charge in [-0.3, -0.25) is 0 Å². The summed E-state index contributed by atoms with van der Waals surface area (Å²) in [7, 11) is -2.79. The van der Waals surface area contributed by atoms with Crippen LogP contribution in [0.25, 0.3) is 0 Å². The second-order valence-electron chi connectivity index (χ2n) is 4.62. The Balaban J connectivity index is 2.62. The molecule has 0 radical (unpaired) electrons. The number of rotatable bonds is 2. The minimum absolute atomic E-state index is 0.0614. The SMILES string of the molecule is CC(C)[C@H]1CCC[C@H](S(C)(=O)=O)C1. The van der Waals surface area contributed by atoms with Crippen LogP contribution in [0, 0.1) is 11.8 Å². The highest BCUT2D eigenvalue weighted by molar-refractivity contribution is 7.91. The molecule has 1 aliphatic carbocycles. The molecule has 0 saturated heterocycles. The van der Waals surface area contributed by atoms with Gasteiger partial charge in [-0.1, -0.05) is 26.7 Å². The summed E-state index contributed by atoms with van der Waals surface area (Å²) < 4.78 is 22.7. The Bertz CT molecular complexity index is 254. The molecule has 0 aliphatic heterocycles. The molecule has 0 spiro atoms. The van der Waals surface area contributed by atoms with E-state index in [1.165, 1.54) is 12.7 Å². The summed E-state index contributed by atoms with van der Waals surface area (Å²) in [4.78, 5) is 0. The first-order chi connectivity index (χ1) is 5.91. The molecule has 2 atom stereocenters. The van der Waals surface area contributed by atoms with Gasteiger partial charge in [0.2, 0.25) is 0 Å². The van der Waals surface area contributed by atoms with Crippen molar-refractivity contribution < 1.29 is 8.42 Å². The molecule has 1 aliphatic rings. The third-order valence-electron chi connectivity index (χ3n) is 3.21. The quantitative estimate of drug-likeness (QED) is 0.691. The lowest BCUT2D eigenvalue weighted by Gasteiger charge is -2.30. The molecule has 13 heavy (non-hydrogen) atoms. The minimum atomic E-state index is -2.79. The van der Waals surface area contributed by atoms with E-state index in [2.05, 4.69) is 13.8 Å². The summed E-state index contributed by atoms with van der Waals surface area (Å²) in [5.74, 6) is 1.25. The van der Waals surface area contributed by atoms with Gasteiger partial charge in [0.15, 0.2) is 0 Å². The number of hydrogen-bond acceptors (Lipinski definition) is 2. The molecule has 0 bridgehead atoms. The third-order valence-corrected chi connectivity index (χ3v) is 4.85. The Morgan fingerprint density at radius 2 is 1.85 bits per heavy atom. The second kappa shape index (κ2) is 3.99. The predicted molar refractivity (Wildman–Crippen MR) is 55.4 cm³/mol. The van der Waals surface area contributed by atoms with Crippen LogP contribution < -0.4 is 0 Å². The summed E-state index contributed by atoms with van der Waals surface area (Å²) in [5.41, 5.74) is 0. The zero-order chi connectivity index (χ0) is 10.1. The van der Waals surface area contributed by atoms with Crippen molar-refractivity contribution in [3.63, 3.8) is 0 Å². The first kappa shape index (κ1) is 11.0. The van der Waals surface area contributed by atoms with E-state index in [0.717, 1.165) is 19.3 Å². The highest BCUT2D eigenvalue weighted by Gasteiger charge is 2.29. The van der Waals surface area contributed by atoms with Crippen molar-refractivity contribution >= 4 is 9.84 Å². The Kier molecular flexibility index (Phi) is 3.38. The van der Waals surface area contributed by atoms with Crippen molar-refractivity contribution in [2.24, 2.45) is 11.8 Å². The van der Waals surface area contributed by atoms with Crippen LogP contribution >= 0.6 is 0 Å². The van der Waals surface area contributed by atoms with Crippen LogP contribution in [-0.4, -0.2) is 19.9 Å². The van der Waals surface area contributed by atoms with Crippen molar-refractivity contribution in [3.05, 3.63) is 0 Å². The van der Waals surface area contributed by atoms with Crippen molar-refractivity contribution in [1.82, 2.24) is 0 Å². The molecule has 1 saturated carbocycles. The molecule has 1 fully saturated rings. The average Bonchev–Trinajstić information content (AvgIpc) is 2.03. The molecule has 0 amide bonds. The van der Waals surface area contributed by atoms with Crippen molar-refractivity contribution in [1.29, 1.82) is 0 Å². The molecular formula is C10H20O2S. The Morgan fingerprint density at radius 1 is 1.23 bits per heavy atom. The predicted octanol–water partition coefficient (Wildman–Crippen LogP) is 2.25. The summed E-state index contributed by atoms with van der Waals surface area (Å²) in [5, 5.41) is -0.0614. The number of hydrogen-bond donors (Lipinski definition) is 0. The number of sulfone groups is 1. The fourth-order valence-electron chi connectivity index (χ4n) is 2.18. The largest absolute Gasteiger partial charge is 0.229 e. The molecule has 0 aromatic rings. The standard InChI is InChI=1S/C10H20O2S/c1-8(2)9-5-4-6-10(7-9)13(3,11)12/h8-10H,4-7H2,1-3H3/t9-,10-/m0/s1. The molecule has 0 heterocycles. The summed E-state index contributed by atoms with van der Waals surface area (Å²) in [6.45, 7) is 4.38. The van der Waals surface area contributed by atoms with E-state index in [1.807, 2.05) is 0 Å². The Labute approximate surface area is 81.6 Å². The molecule has 2 nitrogen and oxygen atoms in total. The lowest BCUT2D eigenvalue weighted by molar-refractivity contribution is 0.280.